The maximum absolute atomic E-state index is 11.3. The molecule has 1 aliphatic rings. The smallest absolute Gasteiger partial charge is 0.336 e. The van der Waals surface area contributed by atoms with Gasteiger partial charge in [0.2, 0.25) is 0 Å². The minimum Gasteiger partial charge on any atom is -0.336 e. The van der Waals surface area contributed by atoms with Crippen LogP contribution in [-0.2, 0) is 13.7 Å². The van der Waals surface area contributed by atoms with Gasteiger partial charge in [-0.2, -0.15) is 0 Å². The molecule has 6 nitrogen and oxygen atoms in total. The zero-order valence-electron chi connectivity index (χ0n) is 9.33. The fraction of sp³-hybridized carbons (Fsp3) is 1.00. The molecule has 1 saturated heterocycles. The van der Waals surface area contributed by atoms with Gasteiger partial charge in [0.15, 0.2) is 0 Å². The Kier molecular flexibility index (Phi) is 5.17. The fourth-order valence-corrected chi connectivity index (χ4v) is 3.04. The van der Waals surface area contributed by atoms with E-state index in [0.717, 1.165) is 32.5 Å². The van der Waals surface area contributed by atoms with Gasteiger partial charge in [-0.05, 0) is 25.8 Å². The predicted molar refractivity (Wildman–Crippen MR) is 61.8 cm³/mol. The van der Waals surface area contributed by atoms with Gasteiger partial charge in [0.1, 0.15) is 0 Å². The number of hydrogen-bond donors (Lipinski definition) is 3. The summed E-state index contributed by atoms with van der Waals surface area (Å²) < 4.78 is 27.0. The summed E-state index contributed by atoms with van der Waals surface area (Å²) in [7, 11) is -8.43. The van der Waals surface area contributed by atoms with Crippen LogP contribution < -0.4 is 5.32 Å². The lowest BCUT2D eigenvalue weighted by Gasteiger charge is -2.23. The quantitative estimate of drug-likeness (QED) is 0.656. The van der Waals surface area contributed by atoms with Gasteiger partial charge in [0.25, 0.3) is 0 Å². The highest BCUT2D eigenvalue weighted by Gasteiger charge is 2.38. The highest BCUT2D eigenvalue weighted by atomic mass is 32.1. The molecule has 0 amide bonds. The van der Waals surface area contributed by atoms with E-state index in [-0.39, 0.29) is 12.6 Å². The van der Waals surface area contributed by atoms with Gasteiger partial charge in [-0.3, -0.25) is 4.57 Å². The van der Waals surface area contributed by atoms with Crippen LogP contribution in [0, 0.1) is 0 Å². The van der Waals surface area contributed by atoms with Crippen molar-refractivity contribution in [3.05, 3.63) is 0 Å². The van der Waals surface area contributed by atoms with E-state index in [1.807, 2.05) is 0 Å². The predicted octanol–water partition coefficient (Wildman–Crippen LogP) is 1.54. The topological polar surface area (TPSA) is 95.9 Å². The van der Waals surface area contributed by atoms with Gasteiger partial charge in [0, 0.05) is 12.7 Å². The van der Waals surface area contributed by atoms with Gasteiger partial charge >= 0.3 is 14.3 Å². The first-order chi connectivity index (χ1) is 7.33. The third kappa shape index (κ3) is 4.28. The molecular formula is C8H19NO5P2. The number of hydrogen-bond acceptors (Lipinski definition) is 4. The Labute approximate surface area is 95.3 Å². The van der Waals surface area contributed by atoms with Gasteiger partial charge < -0.3 is 19.6 Å². The zero-order valence-corrected chi connectivity index (χ0v) is 11.1. The van der Waals surface area contributed by atoms with E-state index in [2.05, 4.69) is 9.84 Å². The maximum atomic E-state index is 11.3. The first-order valence-electron chi connectivity index (χ1n) is 5.34. The van der Waals surface area contributed by atoms with Crippen LogP contribution in [0.5, 0.6) is 0 Å². The molecule has 0 spiro atoms. The monoisotopic (exact) mass is 271 g/mol. The summed E-state index contributed by atoms with van der Waals surface area (Å²) in [4.78, 5) is 18.2. The summed E-state index contributed by atoms with van der Waals surface area (Å²) in [5.41, 5.74) is 0. The molecule has 0 aromatic carbocycles. The minimum atomic E-state index is -4.36. The third-order valence-electron chi connectivity index (χ3n) is 2.61. The van der Waals surface area contributed by atoms with Crippen LogP contribution >= 0.6 is 14.3 Å². The highest BCUT2D eigenvalue weighted by Crippen LogP contribution is 2.75. The SMILES string of the molecule is CP(=O)(O)P(=O)(O)OCCC1CCCCN1. The summed E-state index contributed by atoms with van der Waals surface area (Å²) >= 11 is 0. The summed E-state index contributed by atoms with van der Waals surface area (Å²) in [5.74, 6) is 0. The Balaban J connectivity index is 2.29. The van der Waals surface area contributed by atoms with E-state index in [4.69, 9.17) is 4.89 Å². The summed E-state index contributed by atoms with van der Waals surface area (Å²) in [6.07, 6.45) is 3.89. The lowest BCUT2D eigenvalue weighted by molar-refractivity contribution is 0.240. The third-order valence-corrected chi connectivity index (χ3v) is 7.22. The summed E-state index contributed by atoms with van der Waals surface area (Å²) in [5, 5.41) is 3.26. The van der Waals surface area contributed by atoms with Crippen molar-refractivity contribution in [1.29, 1.82) is 0 Å². The average Bonchev–Trinajstić information content (AvgIpc) is 2.17. The first kappa shape index (κ1) is 14.4. The van der Waals surface area contributed by atoms with Crippen LogP contribution in [0.15, 0.2) is 0 Å². The van der Waals surface area contributed by atoms with Gasteiger partial charge in [-0.15, -0.1) is 0 Å². The van der Waals surface area contributed by atoms with Crippen LogP contribution in [0.1, 0.15) is 25.7 Å². The van der Waals surface area contributed by atoms with Crippen molar-refractivity contribution in [2.45, 2.75) is 31.7 Å². The Morgan fingerprint density at radius 1 is 1.38 bits per heavy atom. The van der Waals surface area contributed by atoms with Crippen molar-refractivity contribution >= 4 is 14.3 Å². The second-order valence-corrected chi connectivity index (χ2v) is 10.7. The van der Waals surface area contributed by atoms with Crippen LogP contribution in [0.4, 0.5) is 0 Å². The van der Waals surface area contributed by atoms with Crippen LogP contribution in [0.2, 0.25) is 0 Å². The van der Waals surface area contributed by atoms with Gasteiger partial charge in [-0.25, -0.2) is 4.57 Å². The van der Waals surface area contributed by atoms with E-state index in [0.29, 0.717) is 6.42 Å². The van der Waals surface area contributed by atoms with E-state index < -0.39 is 14.3 Å². The van der Waals surface area contributed by atoms with Crippen LogP contribution in [-0.4, -0.2) is 35.6 Å². The Bertz CT molecular complexity index is 310. The van der Waals surface area contributed by atoms with E-state index in [1.54, 1.807) is 0 Å². The molecule has 3 atom stereocenters. The van der Waals surface area contributed by atoms with E-state index in [1.165, 1.54) is 0 Å². The standard InChI is InChI=1S/C8H19NO5P2/c1-15(10,11)16(12,13)14-7-5-8-4-2-3-6-9-8/h8-9H,2-7H2,1H3,(H,10,11)(H,12,13). The molecule has 1 fully saturated rings. The number of rotatable bonds is 5. The molecule has 0 aromatic heterocycles. The largest absolute Gasteiger partial charge is 0.409 e. The summed E-state index contributed by atoms with van der Waals surface area (Å²) in [6.45, 7) is 1.82. The molecular weight excluding hydrogens is 252 g/mol. The van der Waals surface area contributed by atoms with E-state index in [9.17, 15) is 14.0 Å². The van der Waals surface area contributed by atoms with Crippen molar-refractivity contribution in [3.8, 4) is 0 Å². The lowest BCUT2D eigenvalue weighted by atomic mass is 10.0. The molecule has 1 rings (SSSR count). The lowest BCUT2D eigenvalue weighted by Crippen LogP contribution is -2.34. The molecule has 0 radical (unpaired) electrons. The Morgan fingerprint density at radius 3 is 2.56 bits per heavy atom. The highest BCUT2D eigenvalue weighted by molar-refractivity contribution is 8.28. The molecule has 0 saturated carbocycles. The van der Waals surface area contributed by atoms with E-state index >= 15 is 0 Å². The van der Waals surface area contributed by atoms with Crippen molar-refractivity contribution < 1.29 is 23.4 Å². The molecule has 0 aromatic rings. The molecule has 16 heavy (non-hydrogen) atoms. The average molecular weight is 271 g/mol. The van der Waals surface area contributed by atoms with Crippen LogP contribution in [0.3, 0.4) is 0 Å². The molecule has 0 bridgehead atoms. The first-order valence-corrected chi connectivity index (χ1v) is 9.73. The van der Waals surface area contributed by atoms with Crippen molar-refractivity contribution in [2.75, 3.05) is 19.8 Å². The van der Waals surface area contributed by atoms with Crippen molar-refractivity contribution in [2.24, 2.45) is 0 Å². The molecule has 96 valence electrons. The normalized spacial score (nSPS) is 29.3. The molecule has 8 heteroatoms. The van der Waals surface area contributed by atoms with Crippen molar-refractivity contribution in [1.82, 2.24) is 5.32 Å². The molecule has 3 N–H and O–H groups in total. The molecule has 1 heterocycles. The Hall–Kier alpha value is 0.300. The fourth-order valence-electron chi connectivity index (χ4n) is 1.59. The second kappa shape index (κ2) is 5.76. The number of nitrogens with one attached hydrogen (secondary N) is 1. The maximum Gasteiger partial charge on any atom is 0.409 e. The van der Waals surface area contributed by atoms with Gasteiger partial charge in [-0.1, -0.05) is 6.42 Å². The summed E-state index contributed by atoms with van der Waals surface area (Å²) in [6, 6.07) is 0.281. The Morgan fingerprint density at radius 2 is 2.06 bits per heavy atom. The number of piperidine rings is 1. The molecule has 3 unspecified atom stereocenters. The zero-order chi connectivity index (χ0) is 12.2. The molecule has 1 aliphatic heterocycles. The van der Waals surface area contributed by atoms with Crippen LogP contribution in [0.25, 0.3) is 0 Å². The second-order valence-electron chi connectivity index (χ2n) is 4.09. The van der Waals surface area contributed by atoms with Gasteiger partial charge in [0.05, 0.1) is 6.61 Å². The molecule has 0 aliphatic carbocycles. The van der Waals surface area contributed by atoms with Crippen molar-refractivity contribution in [3.63, 3.8) is 0 Å². The minimum absolute atomic E-state index is 0.0316.